The average molecular weight is 497 g/mol. The average Bonchev–Trinajstić information content (AvgIpc) is 3.34. The molecule has 0 bridgehead atoms. The first-order valence-corrected chi connectivity index (χ1v) is 13.2. The van der Waals surface area contributed by atoms with Crippen LogP contribution in [0.2, 0.25) is 0 Å². The van der Waals surface area contributed by atoms with Gasteiger partial charge in [-0.1, -0.05) is 24.6 Å². The van der Waals surface area contributed by atoms with Crippen LogP contribution in [0.5, 0.6) is 0 Å². The lowest BCUT2D eigenvalue weighted by atomic mass is 10.0. The zero-order chi connectivity index (χ0) is 24.8. The lowest BCUT2D eigenvalue weighted by molar-refractivity contribution is -0.135. The Morgan fingerprint density at radius 2 is 1.83 bits per heavy atom. The van der Waals surface area contributed by atoms with Crippen molar-refractivity contribution < 1.29 is 9.59 Å². The summed E-state index contributed by atoms with van der Waals surface area (Å²) in [6.45, 7) is 2.95. The van der Waals surface area contributed by atoms with Gasteiger partial charge in [-0.05, 0) is 62.6 Å². The highest BCUT2D eigenvalue weighted by Crippen LogP contribution is 2.19. The highest BCUT2D eigenvalue weighted by atomic mass is 32.1. The van der Waals surface area contributed by atoms with Crippen molar-refractivity contribution in [3.05, 3.63) is 62.6 Å². The van der Waals surface area contributed by atoms with E-state index in [4.69, 9.17) is 0 Å². The van der Waals surface area contributed by atoms with Gasteiger partial charge in [0.1, 0.15) is 11.2 Å². The lowest BCUT2D eigenvalue weighted by Crippen LogP contribution is -2.46. The van der Waals surface area contributed by atoms with Crippen LogP contribution in [-0.4, -0.2) is 38.4 Å². The summed E-state index contributed by atoms with van der Waals surface area (Å²) < 4.78 is 3.19. The van der Waals surface area contributed by atoms with Crippen LogP contribution in [0.25, 0.3) is 10.2 Å². The number of benzene rings is 1. The van der Waals surface area contributed by atoms with Crippen molar-refractivity contribution in [1.82, 2.24) is 14.0 Å². The van der Waals surface area contributed by atoms with Gasteiger partial charge in [0.2, 0.25) is 11.8 Å². The van der Waals surface area contributed by atoms with Gasteiger partial charge in [0, 0.05) is 31.2 Å². The highest BCUT2D eigenvalue weighted by Gasteiger charge is 2.25. The number of hydrogen-bond donors (Lipinski definition) is 1. The molecule has 1 saturated heterocycles. The Kier molecular flexibility index (Phi) is 8.17. The van der Waals surface area contributed by atoms with Crippen molar-refractivity contribution in [2.45, 2.75) is 71.0 Å². The van der Waals surface area contributed by atoms with Crippen molar-refractivity contribution in [2.75, 3.05) is 11.9 Å². The Hall–Kier alpha value is -3.20. The van der Waals surface area contributed by atoms with Crippen LogP contribution < -0.4 is 16.6 Å². The third-order valence-electron chi connectivity index (χ3n) is 6.60. The second kappa shape index (κ2) is 11.5. The molecule has 0 aliphatic carbocycles. The lowest BCUT2D eigenvalue weighted by Gasteiger charge is -2.33. The Bertz CT molecular complexity index is 1290. The smallest absolute Gasteiger partial charge is 0.332 e. The molecule has 35 heavy (non-hydrogen) atoms. The molecular formula is C26H32N4O4S. The zero-order valence-corrected chi connectivity index (χ0v) is 20.9. The molecule has 0 radical (unpaired) electrons. The predicted octanol–water partition coefficient (Wildman–Crippen LogP) is 3.82. The van der Waals surface area contributed by atoms with E-state index in [9.17, 15) is 19.2 Å². The Balaban J connectivity index is 1.40. The van der Waals surface area contributed by atoms with E-state index >= 15 is 0 Å². The number of carbonyl (C=O) groups excluding carboxylic acids is 2. The van der Waals surface area contributed by atoms with Crippen molar-refractivity contribution in [3.63, 3.8) is 0 Å². The molecule has 4 rings (SSSR count). The molecule has 8 nitrogen and oxygen atoms in total. The van der Waals surface area contributed by atoms with Gasteiger partial charge in [0.25, 0.3) is 5.56 Å². The van der Waals surface area contributed by atoms with E-state index in [0.29, 0.717) is 42.4 Å². The van der Waals surface area contributed by atoms with Gasteiger partial charge in [0.15, 0.2) is 0 Å². The molecule has 1 aliphatic rings. The number of anilines is 1. The molecule has 0 saturated carbocycles. The fourth-order valence-corrected chi connectivity index (χ4v) is 5.50. The number of para-hydroxylation sites is 1. The van der Waals surface area contributed by atoms with E-state index < -0.39 is 5.69 Å². The zero-order valence-electron chi connectivity index (χ0n) is 20.1. The first-order chi connectivity index (χ1) is 17.0. The minimum absolute atomic E-state index is 0.0545. The Morgan fingerprint density at radius 3 is 2.60 bits per heavy atom. The summed E-state index contributed by atoms with van der Waals surface area (Å²) in [5.74, 6) is -0.136. The van der Waals surface area contributed by atoms with Gasteiger partial charge >= 0.3 is 5.69 Å². The summed E-state index contributed by atoms with van der Waals surface area (Å²) >= 11 is 1.29. The summed E-state index contributed by atoms with van der Waals surface area (Å²) in [4.78, 5) is 53.2. The fraction of sp³-hybridized carbons (Fsp3) is 0.462. The van der Waals surface area contributed by atoms with Gasteiger partial charge < -0.3 is 10.2 Å². The Labute approximate surface area is 208 Å². The summed E-state index contributed by atoms with van der Waals surface area (Å²) in [5, 5.41) is 4.64. The molecule has 1 aromatic carbocycles. The number of hydrogen-bond acceptors (Lipinski definition) is 5. The largest absolute Gasteiger partial charge is 0.338 e. The van der Waals surface area contributed by atoms with Crippen LogP contribution in [0.3, 0.4) is 0 Å². The number of aromatic nitrogens is 2. The van der Waals surface area contributed by atoms with E-state index in [2.05, 4.69) is 5.32 Å². The van der Waals surface area contributed by atoms with Crippen molar-refractivity contribution in [3.8, 4) is 0 Å². The molecule has 0 spiro atoms. The molecule has 1 aliphatic heterocycles. The molecular weight excluding hydrogens is 464 g/mol. The molecule has 1 N–H and O–H groups in total. The summed E-state index contributed by atoms with van der Waals surface area (Å²) in [6, 6.07) is 11.2. The number of thiophene rings is 1. The summed E-state index contributed by atoms with van der Waals surface area (Å²) in [5.41, 5.74) is 0.539. The van der Waals surface area contributed by atoms with E-state index in [0.717, 1.165) is 24.9 Å². The number of fused-ring (bicyclic) bond motifs is 1. The molecule has 2 aromatic heterocycles. The molecule has 1 fully saturated rings. The molecule has 1 atom stereocenters. The third kappa shape index (κ3) is 5.90. The maximum Gasteiger partial charge on any atom is 0.332 e. The molecule has 9 heteroatoms. The predicted molar refractivity (Wildman–Crippen MR) is 139 cm³/mol. The Morgan fingerprint density at radius 1 is 1.03 bits per heavy atom. The van der Waals surface area contributed by atoms with Crippen LogP contribution in [0.1, 0.15) is 51.9 Å². The van der Waals surface area contributed by atoms with Crippen LogP contribution in [0.15, 0.2) is 51.4 Å². The molecule has 0 unspecified atom stereocenters. The number of nitrogens with one attached hydrogen (secondary N) is 1. The van der Waals surface area contributed by atoms with Crippen LogP contribution >= 0.6 is 11.3 Å². The quantitative estimate of drug-likeness (QED) is 0.456. The number of amides is 2. The minimum atomic E-state index is -0.444. The van der Waals surface area contributed by atoms with Crippen molar-refractivity contribution in [2.24, 2.45) is 0 Å². The molecule has 3 aromatic rings. The molecule has 2 amide bonds. The van der Waals surface area contributed by atoms with Gasteiger partial charge in [-0.15, -0.1) is 11.3 Å². The number of carbonyl (C=O) groups is 2. The number of nitrogens with zero attached hydrogens (tertiary/aromatic N) is 3. The summed E-state index contributed by atoms with van der Waals surface area (Å²) in [6.07, 6.45) is 5.40. The highest BCUT2D eigenvalue weighted by molar-refractivity contribution is 7.17. The van der Waals surface area contributed by atoms with Gasteiger partial charge in [0.05, 0.1) is 5.52 Å². The number of unbranched alkanes of at least 4 members (excludes halogenated alkanes) is 2. The van der Waals surface area contributed by atoms with E-state index in [1.165, 1.54) is 20.5 Å². The second-order valence-corrected chi connectivity index (χ2v) is 10.0. The van der Waals surface area contributed by atoms with Crippen LogP contribution in [-0.2, 0) is 22.7 Å². The SMILES string of the molecule is C[C@H]1CCCCN1C(=O)Cn1c(=O)n(CCCCCC(=O)Nc2ccccc2)c(=O)c2sccc21. The number of piperidine rings is 1. The number of likely N-dealkylation sites (tertiary alicyclic amines) is 1. The van der Waals surface area contributed by atoms with Crippen molar-refractivity contribution in [1.29, 1.82) is 0 Å². The molecule has 186 valence electrons. The summed E-state index contributed by atoms with van der Waals surface area (Å²) in [7, 11) is 0. The fourth-order valence-electron chi connectivity index (χ4n) is 4.66. The van der Waals surface area contributed by atoms with Gasteiger partial charge in [-0.2, -0.15) is 0 Å². The van der Waals surface area contributed by atoms with Crippen molar-refractivity contribution >= 4 is 39.1 Å². The maximum absolute atomic E-state index is 13.3. The van der Waals surface area contributed by atoms with Gasteiger partial charge in [-0.25, -0.2) is 4.79 Å². The third-order valence-corrected chi connectivity index (χ3v) is 7.49. The van der Waals surface area contributed by atoms with Gasteiger partial charge in [-0.3, -0.25) is 23.5 Å². The standard InChI is InChI=1S/C26H32N4O4S/c1-19-10-7-9-15-28(19)23(32)18-30-21-14-17-35-24(21)25(33)29(26(30)34)16-8-3-6-13-22(31)27-20-11-4-2-5-12-20/h2,4-5,11-12,14,17,19H,3,6-10,13,15-16,18H2,1H3,(H,27,31)/t19-/m0/s1. The van der Waals surface area contributed by atoms with E-state index in [-0.39, 0.29) is 36.5 Å². The van der Waals surface area contributed by atoms with Crippen LogP contribution in [0.4, 0.5) is 5.69 Å². The monoisotopic (exact) mass is 496 g/mol. The first-order valence-electron chi connectivity index (χ1n) is 12.3. The van der Waals surface area contributed by atoms with E-state index in [1.807, 2.05) is 42.2 Å². The van der Waals surface area contributed by atoms with Crippen LogP contribution in [0, 0.1) is 0 Å². The molecule has 3 heterocycles. The second-order valence-electron chi connectivity index (χ2n) is 9.12. The maximum atomic E-state index is 13.3. The normalized spacial score (nSPS) is 15.9. The minimum Gasteiger partial charge on any atom is -0.338 e. The van der Waals surface area contributed by atoms with E-state index in [1.54, 1.807) is 11.4 Å². The first kappa shape index (κ1) is 24.9. The topological polar surface area (TPSA) is 93.4 Å². The number of rotatable bonds is 9.